The van der Waals surface area contributed by atoms with Gasteiger partial charge in [-0.05, 0) is 51.2 Å². The first-order valence-electron chi connectivity index (χ1n) is 8.69. The highest BCUT2D eigenvalue weighted by Crippen LogP contribution is 2.38. The second kappa shape index (κ2) is 8.01. The lowest BCUT2D eigenvalue weighted by molar-refractivity contribution is 0.0378. The third-order valence-electron chi connectivity index (χ3n) is 4.08. The van der Waals surface area contributed by atoms with Crippen molar-refractivity contribution >= 4 is 28.2 Å². The number of carbonyl (C=O) groups is 2. The van der Waals surface area contributed by atoms with Crippen LogP contribution in [0.2, 0.25) is 0 Å². The molecular weight excluding hydrogens is 354 g/mol. The van der Waals surface area contributed by atoms with E-state index >= 15 is 0 Å². The number of amides is 1. The molecule has 0 aromatic carbocycles. The van der Waals surface area contributed by atoms with Crippen LogP contribution in [-0.4, -0.2) is 34.9 Å². The first kappa shape index (κ1) is 18.6. The van der Waals surface area contributed by atoms with Gasteiger partial charge in [0.2, 0.25) is 0 Å². The molecule has 7 nitrogen and oxygen atoms in total. The normalized spacial score (nSPS) is 13.5. The van der Waals surface area contributed by atoms with Gasteiger partial charge in [-0.15, -0.1) is 11.3 Å². The van der Waals surface area contributed by atoms with Gasteiger partial charge in [-0.2, -0.15) is 5.10 Å². The number of nitrogens with one attached hydrogen (secondary N) is 1. The van der Waals surface area contributed by atoms with E-state index in [2.05, 4.69) is 10.4 Å². The Labute approximate surface area is 156 Å². The summed E-state index contributed by atoms with van der Waals surface area (Å²) in [5, 5.41) is 7.57. The second-order valence-electron chi connectivity index (χ2n) is 6.48. The van der Waals surface area contributed by atoms with E-state index in [9.17, 15) is 9.59 Å². The minimum absolute atomic E-state index is 0.213. The zero-order valence-electron chi connectivity index (χ0n) is 15.2. The quantitative estimate of drug-likeness (QED) is 0.782. The van der Waals surface area contributed by atoms with Crippen molar-refractivity contribution in [1.82, 2.24) is 9.78 Å². The summed E-state index contributed by atoms with van der Waals surface area (Å²) in [5.41, 5.74) is 1.80. The number of aromatic nitrogens is 2. The summed E-state index contributed by atoms with van der Waals surface area (Å²) in [7, 11) is 1.56. The van der Waals surface area contributed by atoms with Crippen molar-refractivity contribution in [2.45, 2.75) is 52.4 Å². The first-order valence-corrected chi connectivity index (χ1v) is 9.50. The second-order valence-corrected chi connectivity index (χ2v) is 7.59. The minimum atomic E-state index is -0.375. The Morgan fingerprint density at radius 2 is 2.12 bits per heavy atom. The number of carbonyl (C=O) groups excluding carboxylic acids is 2. The van der Waals surface area contributed by atoms with Crippen LogP contribution in [0.3, 0.4) is 0 Å². The number of fused-ring (bicyclic) bond motifs is 1. The SMILES string of the molecule is COCn1ccc(C(=O)Nc2sc3c(c2C(=O)OC(C)C)CCCC3)n1. The summed E-state index contributed by atoms with van der Waals surface area (Å²) in [5.74, 6) is -0.725. The molecule has 0 saturated carbocycles. The van der Waals surface area contributed by atoms with Crippen molar-refractivity contribution in [1.29, 1.82) is 0 Å². The van der Waals surface area contributed by atoms with Gasteiger partial charge in [-0.25, -0.2) is 9.48 Å². The monoisotopic (exact) mass is 377 g/mol. The maximum atomic E-state index is 12.6. The van der Waals surface area contributed by atoms with Gasteiger partial charge in [-0.3, -0.25) is 4.79 Å². The number of ether oxygens (including phenoxy) is 2. The molecule has 2 aromatic heterocycles. The molecule has 0 bridgehead atoms. The maximum Gasteiger partial charge on any atom is 0.341 e. The number of nitrogens with zero attached hydrogens (tertiary/aromatic N) is 2. The summed E-state index contributed by atoms with van der Waals surface area (Å²) in [6.45, 7) is 3.90. The fourth-order valence-electron chi connectivity index (χ4n) is 3.00. The van der Waals surface area contributed by atoms with Crippen molar-refractivity contribution in [2.24, 2.45) is 0 Å². The molecule has 2 heterocycles. The molecule has 0 saturated heterocycles. The summed E-state index contributed by atoms with van der Waals surface area (Å²) < 4.78 is 11.9. The molecule has 2 aromatic rings. The van der Waals surface area contributed by atoms with Crippen LogP contribution in [0.1, 0.15) is 58.0 Å². The lowest BCUT2D eigenvalue weighted by Crippen LogP contribution is -2.18. The predicted octanol–water partition coefficient (Wildman–Crippen LogP) is 3.24. The molecular formula is C18H23N3O4S. The fourth-order valence-corrected chi connectivity index (χ4v) is 4.27. The van der Waals surface area contributed by atoms with Gasteiger partial charge in [-0.1, -0.05) is 0 Å². The highest BCUT2D eigenvalue weighted by atomic mass is 32.1. The van der Waals surface area contributed by atoms with Crippen LogP contribution in [0, 0.1) is 0 Å². The standard InChI is InChI=1S/C18H23N3O4S/c1-11(2)25-18(23)15-12-6-4-5-7-14(12)26-17(15)19-16(22)13-8-9-21(20-13)10-24-3/h8-9,11H,4-7,10H2,1-3H3,(H,19,22). The molecule has 3 rings (SSSR count). The van der Waals surface area contributed by atoms with Crippen LogP contribution in [0.15, 0.2) is 12.3 Å². The van der Waals surface area contributed by atoms with Gasteiger partial charge in [0.1, 0.15) is 11.7 Å². The van der Waals surface area contributed by atoms with Crippen LogP contribution in [0.25, 0.3) is 0 Å². The molecule has 0 aliphatic heterocycles. The van der Waals surface area contributed by atoms with Crippen molar-refractivity contribution in [3.63, 3.8) is 0 Å². The average molecular weight is 377 g/mol. The zero-order chi connectivity index (χ0) is 18.7. The lowest BCUT2D eigenvalue weighted by Gasteiger charge is -2.14. The van der Waals surface area contributed by atoms with Crippen LogP contribution in [-0.2, 0) is 29.0 Å². The Kier molecular flexibility index (Phi) is 5.73. The molecule has 1 aliphatic rings. The van der Waals surface area contributed by atoms with Gasteiger partial charge in [0.25, 0.3) is 5.91 Å². The van der Waals surface area contributed by atoms with Crippen LogP contribution in [0.5, 0.6) is 0 Å². The van der Waals surface area contributed by atoms with Crippen molar-refractivity contribution < 1.29 is 19.1 Å². The Hall–Kier alpha value is -2.19. The molecule has 26 heavy (non-hydrogen) atoms. The molecule has 140 valence electrons. The minimum Gasteiger partial charge on any atom is -0.459 e. The predicted molar refractivity (Wildman–Crippen MR) is 98.7 cm³/mol. The molecule has 0 radical (unpaired) electrons. The van der Waals surface area contributed by atoms with Crippen LogP contribution >= 0.6 is 11.3 Å². The first-order chi connectivity index (χ1) is 12.5. The van der Waals surface area contributed by atoms with Gasteiger partial charge in [0.05, 0.1) is 11.7 Å². The number of esters is 1. The van der Waals surface area contributed by atoms with Gasteiger partial charge < -0.3 is 14.8 Å². The zero-order valence-corrected chi connectivity index (χ0v) is 16.0. The molecule has 1 amide bonds. The van der Waals surface area contributed by atoms with Crippen molar-refractivity contribution in [3.8, 4) is 0 Å². The number of thiophene rings is 1. The van der Waals surface area contributed by atoms with E-state index in [0.717, 1.165) is 36.1 Å². The molecule has 0 fully saturated rings. The van der Waals surface area contributed by atoms with E-state index in [1.807, 2.05) is 13.8 Å². The smallest absolute Gasteiger partial charge is 0.341 e. The van der Waals surface area contributed by atoms with E-state index < -0.39 is 0 Å². The third-order valence-corrected chi connectivity index (χ3v) is 5.29. The molecule has 1 N–H and O–H groups in total. The topological polar surface area (TPSA) is 82.5 Å². The van der Waals surface area contributed by atoms with E-state index in [0.29, 0.717) is 10.6 Å². The summed E-state index contributed by atoms with van der Waals surface area (Å²) in [6, 6.07) is 1.62. The number of aryl methyl sites for hydroxylation is 1. The van der Waals surface area contributed by atoms with E-state index in [1.54, 1.807) is 19.4 Å². The van der Waals surface area contributed by atoms with Gasteiger partial charge in [0, 0.05) is 18.2 Å². The Bertz CT molecular complexity index is 809. The Morgan fingerprint density at radius 1 is 1.35 bits per heavy atom. The summed E-state index contributed by atoms with van der Waals surface area (Å²) >= 11 is 1.47. The number of anilines is 1. The highest BCUT2D eigenvalue weighted by molar-refractivity contribution is 7.17. The summed E-state index contributed by atoms with van der Waals surface area (Å²) in [6.07, 6.45) is 5.37. The van der Waals surface area contributed by atoms with E-state index in [-0.39, 0.29) is 30.4 Å². The number of hydrogen-bond donors (Lipinski definition) is 1. The Morgan fingerprint density at radius 3 is 2.85 bits per heavy atom. The molecule has 0 atom stereocenters. The highest BCUT2D eigenvalue weighted by Gasteiger charge is 2.28. The largest absolute Gasteiger partial charge is 0.459 e. The van der Waals surface area contributed by atoms with Crippen LogP contribution < -0.4 is 5.32 Å². The lowest BCUT2D eigenvalue weighted by atomic mass is 9.95. The fraction of sp³-hybridized carbons (Fsp3) is 0.500. The number of rotatable bonds is 6. The Balaban J connectivity index is 1.87. The van der Waals surface area contributed by atoms with Crippen molar-refractivity contribution in [2.75, 3.05) is 12.4 Å². The van der Waals surface area contributed by atoms with Crippen molar-refractivity contribution in [3.05, 3.63) is 34.0 Å². The molecule has 1 aliphatic carbocycles. The van der Waals surface area contributed by atoms with E-state index in [4.69, 9.17) is 9.47 Å². The van der Waals surface area contributed by atoms with Gasteiger partial charge in [0.15, 0.2) is 5.69 Å². The van der Waals surface area contributed by atoms with E-state index in [1.165, 1.54) is 16.0 Å². The van der Waals surface area contributed by atoms with Crippen LogP contribution in [0.4, 0.5) is 5.00 Å². The number of methoxy groups -OCH3 is 1. The maximum absolute atomic E-state index is 12.6. The van der Waals surface area contributed by atoms with Gasteiger partial charge >= 0.3 is 5.97 Å². The molecule has 0 spiro atoms. The third kappa shape index (κ3) is 3.96. The molecule has 8 heteroatoms. The average Bonchev–Trinajstić information content (AvgIpc) is 3.18. The molecule has 0 unspecified atom stereocenters. The summed E-state index contributed by atoms with van der Waals surface area (Å²) in [4.78, 5) is 26.3. The number of hydrogen-bond acceptors (Lipinski definition) is 6.